The molecule has 0 aromatic heterocycles. The summed E-state index contributed by atoms with van der Waals surface area (Å²) in [5, 5.41) is 1.57. The van der Waals surface area contributed by atoms with Crippen LogP contribution in [0.4, 0.5) is 0 Å². The summed E-state index contributed by atoms with van der Waals surface area (Å²) in [6.45, 7) is 4.56. The first kappa shape index (κ1) is 15.6. The van der Waals surface area contributed by atoms with E-state index in [9.17, 15) is 0 Å². The molecule has 0 unspecified atom stereocenters. The molecule has 0 saturated carbocycles. The molecular weight excluding hydrogens is 258 g/mol. The van der Waals surface area contributed by atoms with E-state index >= 15 is 0 Å². The molecule has 0 atom stereocenters. The molecule has 0 spiro atoms. The standard InChI is InChI=1S/C9H14P.C5H5.Co/c1-3-10(4-2)9-7-5-6-8-9;1-2-4-5-3-1;/h5-8H,3-4H2,1-2H3;1-5H;/q-1;-5;. The fraction of sp³-hybridized carbons (Fsp3) is 0.286. The van der Waals surface area contributed by atoms with E-state index in [1.165, 1.54) is 12.3 Å². The van der Waals surface area contributed by atoms with E-state index in [1.54, 1.807) is 5.30 Å². The van der Waals surface area contributed by atoms with Crippen LogP contribution in [0.5, 0.6) is 0 Å². The number of hydrogen-bond acceptors (Lipinski definition) is 0. The van der Waals surface area contributed by atoms with Crippen molar-refractivity contribution in [2.24, 2.45) is 0 Å². The first-order valence-electron chi connectivity index (χ1n) is 5.51. The second kappa shape index (κ2) is 9.83. The first-order chi connectivity index (χ1) is 7.38. The molecule has 0 N–H and O–H groups in total. The van der Waals surface area contributed by atoms with Crippen molar-refractivity contribution in [1.29, 1.82) is 0 Å². The van der Waals surface area contributed by atoms with Gasteiger partial charge < -0.3 is 30.3 Å². The van der Waals surface area contributed by atoms with Crippen LogP contribution in [-0.4, -0.2) is 12.3 Å². The van der Waals surface area contributed by atoms with E-state index in [-0.39, 0.29) is 24.7 Å². The third-order valence-electron chi connectivity index (χ3n) is 2.33. The molecule has 0 nitrogen and oxygen atoms in total. The molecule has 0 saturated heterocycles. The van der Waals surface area contributed by atoms with Gasteiger partial charge in [-0.15, -0.1) is 13.2 Å². The average Bonchev–Trinajstić information content (AvgIpc) is 2.96. The third-order valence-corrected chi connectivity index (χ3v) is 4.88. The summed E-state index contributed by atoms with van der Waals surface area (Å²) in [6.07, 6.45) is 2.66. The third kappa shape index (κ3) is 5.65. The Morgan fingerprint density at radius 2 is 1.25 bits per heavy atom. The molecule has 0 fully saturated rings. The van der Waals surface area contributed by atoms with Crippen LogP contribution in [0, 0.1) is 0 Å². The Balaban J connectivity index is 0.000000318. The summed E-state index contributed by atoms with van der Waals surface area (Å²) in [7, 11) is 0.186. The van der Waals surface area contributed by atoms with Gasteiger partial charge in [-0.25, -0.2) is 12.1 Å². The minimum atomic E-state index is 0. The van der Waals surface area contributed by atoms with Gasteiger partial charge in [0.1, 0.15) is 0 Å². The zero-order valence-corrected chi connectivity index (χ0v) is 11.8. The van der Waals surface area contributed by atoms with E-state index in [0.29, 0.717) is 0 Å². The molecule has 0 bridgehead atoms. The van der Waals surface area contributed by atoms with Crippen molar-refractivity contribution in [1.82, 2.24) is 0 Å². The fourth-order valence-electron chi connectivity index (χ4n) is 1.48. The van der Waals surface area contributed by atoms with Crippen molar-refractivity contribution in [2.45, 2.75) is 13.8 Å². The number of hydrogen-bond donors (Lipinski definition) is 0. The molecule has 0 heterocycles. The molecule has 2 rings (SSSR count). The molecular formula is C14H19CoP-6. The van der Waals surface area contributed by atoms with Crippen LogP contribution in [0.2, 0.25) is 0 Å². The average molecular weight is 277 g/mol. The largest absolute Gasteiger partial charge is 0.748 e. The van der Waals surface area contributed by atoms with Crippen LogP contribution in [0.1, 0.15) is 13.8 Å². The van der Waals surface area contributed by atoms with E-state index in [4.69, 9.17) is 0 Å². The van der Waals surface area contributed by atoms with Crippen molar-refractivity contribution in [3.63, 3.8) is 0 Å². The van der Waals surface area contributed by atoms with Crippen molar-refractivity contribution in [2.75, 3.05) is 12.3 Å². The maximum atomic E-state index is 2.28. The van der Waals surface area contributed by atoms with Crippen LogP contribution >= 0.6 is 7.92 Å². The molecule has 0 aliphatic rings. The maximum absolute atomic E-state index is 2.28. The van der Waals surface area contributed by atoms with Crippen molar-refractivity contribution in [3.8, 4) is 0 Å². The summed E-state index contributed by atoms with van der Waals surface area (Å²) >= 11 is 0. The molecule has 0 aliphatic carbocycles. The van der Waals surface area contributed by atoms with E-state index in [0.717, 1.165) is 0 Å². The van der Waals surface area contributed by atoms with Gasteiger partial charge in [0.15, 0.2) is 0 Å². The Kier molecular flexibility index (Phi) is 9.61. The van der Waals surface area contributed by atoms with Crippen LogP contribution in [0.3, 0.4) is 0 Å². The molecule has 95 valence electrons. The maximum Gasteiger partial charge on any atom is 0 e. The summed E-state index contributed by atoms with van der Waals surface area (Å²) in [6, 6.07) is 18.8. The van der Waals surface area contributed by atoms with Gasteiger partial charge in [-0.05, 0) is 12.3 Å². The van der Waals surface area contributed by atoms with Gasteiger partial charge in [0.25, 0.3) is 0 Å². The zero-order valence-electron chi connectivity index (χ0n) is 9.89. The summed E-state index contributed by atoms with van der Waals surface area (Å²) in [5.74, 6) is 0. The summed E-state index contributed by atoms with van der Waals surface area (Å²) in [5.41, 5.74) is 0. The van der Waals surface area contributed by atoms with Crippen LogP contribution < -0.4 is 5.30 Å². The SMILES string of the molecule is CCP(CC)[c-]1cccc1.[Co].[cH-]1[cH-][cH-][cH-][cH-]1. The molecule has 16 heavy (non-hydrogen) atoms. The van der Waals surface area contributed by atoms with Crippen LogP contribution in [-0.2, 0) is 16.8 Å². The van der Waals surface area contributed by atoms with Gasteiger partial charge >= 0.3 is 0 Å². The van der Waals surface area contributed by atoms with E-state index < -0.39 is 0 Å². The topological polar surface area (TPSA) is 0 Å². The van der Waals surface area contributed by atoms with Crippen molar-refractivity contribution < 1.29 is 16.8 Å². The minimum absolute atomic E-state index is 0. The predicted octanol–water partition coefficient (Wildman–Crippen LogP) is 3.96. The van der Waals surface area contributed by atoms with Crippen LogP contribution in [0.25, 0.3) is 0 Å². The van der Waals surface area contributed by atoms with Gasteiger partial charge in [-0.2, -0.15) is 12.1 Å². The second-order valence-electron chi connectivity index (χ2n) is 3.28. The normalized spacial score (nSPS) is 9.19. The van der Waals surface area contributed by atoms with Gasteiger partial charge in [0.2, 0.25) is 0 Å². The Hall–Kier alpha value is -0.364. The Morgan fingerprint density at radius 1 is 0.875 bits per heavy atom. The molecule has 0 aliphatic heterocycles. The molecule has 2 heteroatoms. The fourth-order valence-corrected chi connectivity index (χ4v) is 3.26. The Labute approximate surface area is 111 Å². The Bertz CT molecular complexity index is 289. The molecule has 1 radical (unpaired) electrons. The predicted molar refractivity (Wildman–Crippen MR) is 71.7 cm³/mol. The van der Waals surface area contributed by atoms with Gasteiger partial charge in [-0.3, -0.25) is 0 Å². The zero-order chi connectivity index (χ0) is 10.9. The smallest absolute Gasteiger partial charge is 0 e. The van der Waals surface area contributed by atoms with Crippen molar-refractivity contribution >= 4 is 13.2 Å². The van der Waals surface area contributed by atoms with E-state index in [2.05, 4.69) is 38.1 Å². The monoisotopic (exact) mass is 277 g/mol. The second-order valence-corrected chi connectivity index (χ2v) is 6.14. The van der Waals surface area contributed by atoms with Gasteiger partial charge in [-0.1, -0.05) is 13.8 Å². The van der Waals surface area contributed by atoms with Crippen LogP contribution in [0.15, 0.2) is 54.6 Å². The summed E-state index contributed by atoms with van der Waals surface area (Å²) in [4.78, 5) is 0. The summed E-state index contributed by atoms with van der Waals surface area (Å²) < 4.78 is 0. The van der Waals surface area contributed by atoms with Crippen molar-refractivity contribution in [3.05, 3.63) is 54.6 Å². The molecule has 0 amide bonds. The quantitative estimate of drug-likeness (QED) is 0.588. The molecule has 2 aromatic rings. The van der Waals surface area contributed by atoms with Gasteiger partial charge in [0.05, 0.1) is 0 Å². The first-order valence-corrected chi connectivity index (χ1v) is 7.23. The minimum Gasteiger partial charge on any atom is -0.748 e. The van der Waals surface area contributed by atoms with Gasteiger partial charge in [0, 0.05) is 16.8 Å². The van der Waals surface area contributed by atoms with E-state index in [1.807, 2.05) is 30.3 Å². The Morgan fingerprint density at radius 3 is 1.56 bits per heavy atom. The number of rotatable bonds is 3. The molecule has 2 aromatic carbocycles.